The van der Waals surface area contributed by atoms with Gasteiger partial charge in [-0.1, -0.05) is 43.2 Å². The fraction of sp³-hybridized carbons (Fsp3) is 0.429. The van der Waals surface area contributed by atoms with E-state index < -0.39 is 10.0 Å². The zero-order valence-corrected chi connectivity index (χ0v) is 21.3. The standard InChI is InChI=1S/C28H35N3O3S/c1-34-28-16-14-24(35(32,33)31-18-8-9-19-31)20-25(28)26-15-13-23(29-26)21-30-17-7-3-6-12-27(30)22-10-4-2-5-11-22/h2,4-5,10-11,13-16,20,27,29H,3,6-9,12,17-19,21H2,1H3/t27-/m1/s1. The Hall–Kier alpha value is -2.61. The third-order valence-corrected chi connectivity index (χ3v) is 9.23. The van der Waals surface area contributed by atoms with Crippen molar-refractivity contribution in [1.82, 2.24) is 14.2 Å². The molecule has 1 N–H and O–H groups in total. The number of rotatable bonds is 7. The fourth-order valence-corrected chi connectivity index (χ4v) is 7.00. The summed E-state index contributed by atoms with van der Waals surface area (Å²) in [4.78, 5) is 6.46. The van der Waals surface area contributed by atoms with Gasteiger partial charge in [0.1, 0.15) is 5.75 Å². The summed E-state index contributed by atoms with van der Waals surface area (Å²) in [6, 6.07) is 20.5. The molecule has 2 aliphatic heterocycles. The van der Waals surface area contributed by atoms with Gasteiger partial charge >= 0.3 is 0 Å². The second kappa shape index (κ2) is 10.6. The third-order valence-electron chi connectivity index (χ3n) is 7.33. The van der Waals surface area contributed by atoms with Crippen LogP contribution in [0, 0.1) is 0 Å². The highest BCUT2D eigenvalue weighted by atomic mass is 32.2. The van der Waals surface area contributed by atoms with Crippen molar-refractivity contribution in [3.8, 4) is 17.0 Å². The van der Waals surface area contributed by atoms with E-state index in [1.165, 1.54) is 31.2 Å². The van der Waals surface area contributed by atoms with E-state index in [0.29, 0.717) is 29.8 Å². The van der Waals surface area contributed by atoms with Crippen molar-refractivity contribution >= 4 is 10.0 Å². The smallest absolute Gasteiger partial charge is 0.243 e. The molecule has 186 valence electrons. The van der Waals surface area contributed by atoms with E-state index in [2.05, 4.69) is 46.3 Å². The molecule has 7 heteroatoms. The maximum atomic E-state index is 13.2. The minimum Gasteiger partial charge on any atom is -0.496 e. The van der Waals surface area contributed by atoms with E-state index in [1.54, 1.807) is 29.6 Å². The van der Waals surface area contributed by atoms with Crippen molar-refractivity contribution in [1.29, 1.82) is 0 Å². The number of benzene rings is 2. The first kappa shape index (κ1) is 24.1. The summed E-state index contributed by atoms with van der Waals surface area (Å²) in [6.07, 6.45) is 6.74. The van der Waals surface area contributed by atoms with Gasteiger partial charge in [0.25, 0.3) is 0 Å². The Balaban J connectivity index is 1.41. The van der Waals surface area contributed by atoms with Crippen LogP contribution in [-0.4, -0.2) is 49.4 Å². The molecule has 6 nitrogen and oxygen atoms in total. The number of ether oxygens (including phenoxy) is 1. The molecule has 0 unspecified atom stereocenters. The van der Waals surface area contributed by atoms with Crippen molar-refractivity contribution in [3.63, 3.8) is 0 Å². The zero-order chi connectivity index (χ0) is 24.3. The van der Waals surface area contributed by atoms with Gasteiger partial charge in [-0.3, -0.25) is 4.90 Å². The summed E-state index contributed by atoms with van der Waals surface area (Å²) in [5.74, 6) is 0.663. The average Bonchev–Trinajstić information content (AvgIpc) is 3.54. The molecule has 3 heterocycles. The summed E-state index contributed by atoms with van der Waals surface area (Å²) in [5.41, 5.74) is 4.15. The normalized spacial score (nSPS) is 20.1. The van der Waals surface area contributed by atoms with Gasteiger partial charge in [0.05, 0.1) is 12.0 Å². The molecule has 1 atom stereocenters. The van der Waals surface area contributed by atoms with Gasteiger partial charge < -0.3 is 9.72 Å². The molecule has 0 amide bonds. The van der Waals surface area contributed by atoms with E-state index >= 15 is 0 Å². The lowest BCUT2D eigenvalue weighted by Crippen LogP contribution is -2.28. The summed E-state index contributed by atoms with van der Waals surface area (Å²) in [6.45, 7) is 3.08. The van der Waals surface area contributed by atoms with Gasteiger partial charge in [-0.25, -0.2) is 8.42 Å². The van der Waals surface area contributed by atoms with Crippen molar-refractivity contribution in [2.45, 2.75) is 56.0 Å². The zero-order valence-electron chi connectivity index (χ0n) is 20.4. The molecule has 0 radical (unpaired) electrons. The third kappa shape index (κ3) is 5.17. The van der Waals surface area contributed by atoms with Crippen molar-refractivity contribution in [3.05, 3.63) is 71.9 Å². The Bertz CT molecular complexity index is 1230. The first-order chi connectivity index (χ1) is 17.1. The Morgan fingerprint density at radius 3 is 2.46 bits per heavy atom. The van der Waals surface area contributed by atoms with Gasteiger partial charge in [-0.15, -0.1) is 0 Å². The predicted octanol–water partition coefficient (Wildman–Crippen LogP) is 5.59. The quantitative estimate of drug-likeness (QED) is 0.466. The Kier molecular flexibility index (Phi) is 7.27. The highest BCUT2D eigenvalue weighted by Crippen LogP contribution is 2.35. The van der Waals surface area contributed by atoms with E-state index in [9.17, 15) is 8.42 Å². The van der Waals surface area contributed by atoms with E-state index in [1.807, 2.05) is 6.07 Å². The number of methoxy groups -OCH3 is 1. The Labute approximate surface area is 209 Å². The molecule has 2 fully saturated rings. The van der Waals surface area contributed by atoms with Gasteiger partial charge in [-0.2, -0.15) is 4.31 Å². The number of hydrogen-bond donors (Lipinski definition) is 1. The first-order valence-corrected chi connectivity index (χ1v) is 14.2. The van der Waals surface area contributed by atoms with Crippen LogP contribution in [0.2, 0.25) is 0 Å². The van der Waals surface area contributed by atoms with Crippen LogP contribution in [0.4, 0.5) is 0 Å². The lowest BCUT2D eigenvalue weighted by atomic mass is 10.0. The Morgan fingerprint density at radius 2 is 1.69 bits per heavy atom. The van der Waals surface area contributed by atoms with Gasteiger partial charge in [0.15, 0.2) is 0 Å². The van der Waals surface area contributed by atoms with E-state index in [-0.39, 0.29) is 0 Å². The molecule has 3 aromatic rings. The highest BCUT2D eigenvalue weighted by Gasteiger charge is 2.28. The number of sulfonamides is 1. The molecule has 0 aliphatic carbocycles. The molecular weight excluding hydrogens is 458 g/mol. The van der Waals surface area contributed by atoms with Crippen LogP contribution in [0.25, 0.3) is 11.3 Å². The molecule has 2 aromatic carbocycles. The number of nitrogens with zero attached hydrogens (tertiary/aromatic N) is 2. The van der Waals surface area contributed by atoms with Crippen LogP contribution in [0.5, 0.6) is 5.75 Å². The second-order valence-electron chi connectivity index (χ2n) is 9.62. The molecule has 1 aromatic heterocycles. The monoisotopic (exact) mass is 493 g/mol. The van der Waals surface area contributed by atoms with E-state index in [0.717, 1.165) is 42.9 Å². The van der Waals surface area contributed by atoms with Crippen LogP contribution < -0.4 is 4.74 Å². The molecule has 0 spiro atoms. The van der Waals surface area contributed by atoms with Gasteiger partial charge in [-0.05, 0) is 68.1 Å². The van der Waals surface area contributed by atoms with E-state index in [4.69, 9.17) is 4.74 Å². The van der Waals surface area contributed by atoms with Crippen molar-refractivity contribution in [2.24, 2.45) is 0 Å². The average molecular weight is 494 g/mol. The minimum atomic E-state index is -3.50. The number of H-pyrrole nitrogens is 1. The number of likely N-dealkylation sites (tertiary alicyclic amines) is 1. The SMILES string of the molecule is COc1ccc(S(=O)(=O)N2CCCC2)cc1-c1ccc(CN2CCCCC[C@@H]2c2ccccc2)[nH]1. The molecule has 2 saturated heterocycles. The van der Waals surface area contributed by atoms with Crippen LogP contribution in [-0.2, 0) is 16.6 Å². The minimum absolute atomic E-state index is 0.322. The lowest BCUT2D eigenvalue weighted by molar-refractivity contribution is 0.190. The highest BCUT2D eigenvalue weighted by molar-refractivity contribution is 7.89. The van der Waals surface area contributed by atoms with Crippen molar-refractivity contribution < 1.29 is 13.2 Å². The predicted molar refractivity (Wildman–Crippen MR) is 139 cm³/mol. The van der Waals surface area contributed by atoms with Crippen LogP contribution in [0.1, 0.15) is 55.8 Å². The number of aromatic nitrogens is 1. The summed E-state index contributed by atoms with van der Waals surface area (Å²) < 4.78 is 33.5. The maximum absolute atomic E-state index is 13.2. The van der Waals surface area contributed by atoms with Crippen LogP contribution in [0.15, 0.2) is 65.6 Å². The fourth-order valence-electron chi connectivity index (χ4n) is 5.45. The Morgan fingerprint density at radius 1 is 0.914 bits per heavy atom. The summed E-state index contributed by atoms with van der Waals surface area (Å²) in [7, 11) is -1.87. The molecule has 0 bridgehead atoms. The lowest BCUT2D eigenvalue weighted by Gasteiger charge is -2.30. The maximum Gasteiger partial charge on any atom is 0.243 e. The number of nitrogens with one attached hydrogen (secondary N) is 1. The summed E-state index contributed by atoms with van der Waals surface area (Å²) in [5, 5.41) is 0. The first-order valence-electron chi connectivity index (χ1n) is 12.7. The molecular formula is C28H35N3O3S. The second-order valence-corrected chi connectivity index (χ2v) is 11.6. The van der Waals surface area contributed by atoms with Crippen LogP contribution >= 0.6 is 0 Å². The molecule has 5 rings (SSSR count). The van der Waals surface area contributed by atoms with Crippen LogP contribution in [0.3, 0.4) is 0 Å². The largest absolute Gasteiger partial charge is 0.496 e. The number of aromatic amines is 1. The topological polar surface area (TPSA) is 65.6 Å². The summed E-state index contributed by atoms with van der Waals surface area (Å²) >= 11 is 0. The molecule has 35 heavy (non-hydrogen) atoms. The molecule has 2 aliphatic rings. The molecule has 0 saturated carbocycles. The van der Waals surface area contributed by atoms with Crippen molar-refractivity contribution in [2.75, 3.05) is 26.7 Å². The van der Waals surface area contributed by atoms with Gasteiger partial charge in [0.2, 0.25) is 10.0 Å². The number of hydrogen-bond acceptors (Lipinski definition) is 4. The van der Waals surface area contributed by atoms with Gasteiger partial charge in [0, 0.05) is 42.6 Å².